The zero-order chi connectivity index (χ0) is 23.8. The van der Waals surface area contributed by atoms with Crippen molar-refractivity contribution in [2.45, 2.75) is 38.6 Å². The van der Waals surface area contributed by atoms with Crippen molar-refractivity contribution in [2.75, 3.05) is 25.5 Å². The van der Waals surface area contributed by atoms with E-state index in [1.807, 2.05) is 71.3 Å². The Balaban J connectivity index is 1.34. The molecule has 0 aliphatic carbocycles. The van der Waals surface area contributed by atoms with Crippen LogP contribution in [-0.4, -0.2) is 57.1 Å². The third-order valence-electron chi connectivity index (χ3n) is 6.59. The summed E-state index contributed by atoms with van der Waals surface area (Å²) in [6, 6.07) is 14.3. The van der Waals surface area contributed by atoms with E-state index in [0.717, 1.165) is 46.8 Å². The van der Waals surface area contributed by atoms with Crippen LogP contribution in [0.3, 0.4) is 0 Å². The molecule has 0 bridgehead atoms. The molecule has 34 heavy (non-hydrogen) atoms. The molecule has 1 atom stereocenters. The van der Waals surface area contributed by atoms with Gasteiger partial charge in [0.25, 0.3) is 0 Å². The summed E-state index contributed by atoms with van der Waals surface area (Å²) in [5, 5.41) is 4.46. The van der Waals surface area contributed by atoms with Gasteiger partial charge < -0.3 is 4.90 Å². The van der Waals surface area contributed by atoms with Gasteiger partial charge in [0.1, 0.15) is 5.82 Å². The molecule has 7 heteroatoms. The molecule has 1 fully saturated rings. The standard InChI is InChI=1S/C27H30N6O/c1-18(2)22-17-29-33-14-10-20(16-25(22)33)23-9-12-28-26(30-23)15-19-5-7-21(8-6-19)32-13-11-24(27(32)34)31(3)4/h5-10,12,14,16-18,24H,11,13,15H2,1-4H3. The molecule has 3 aromatic heterocycles. The first kappa shape index (κ1) is 22.2. The molecule has 1 aromatic carbocycles. The van der Waals surface area contributed by atoms with Crippen LogP contribution in [0.1, 0.15) is 43.1 Å². The maximum atomic E-state index is 12.7. The second-order valence-corrected chi connectivity index (χ2v) is 9.46. The predicted molar refractivity (Wildman–Crippen MR) is 134 cm³/mol. The molecular weight excluding hydrogens is 424 g/mol. The average molecular weight is 455 g/mol. The first-order valence-corrected chi connectivity index (χ1v) is 11.8. The largest absolute Gasteiger partial charge is 0.311 e. The molecule has 1 aliphatic heterocycles. The molecule has 0 saturated carbocycles. The Morgan fingerprint density at radius 1 is 1.12 bits per heavy atom. The van der Waals surface area contributed by atoms with E-state index >= 15 is 0 Å². The molecule has 5 rings (SSSR count). The predicted octanol–water partition coefficient (Wildman–Crippen LogP) is 4.17. The zero-order valence-electron chi connectivity index (χ0n) is 20.1. The number of likely N-dealkylation sites (N-methyl/N-ethyl adjacent to an activating group) is 1. The second-order valence-electron chi connectivity index (χ2n) is 9.46. The van der Waals surface area contributed by atoms with Crippen molar-refractivity contribution in [3.8, 4) is 11.3 Å². The molecule has 0 radical (unpaired) electrons. The van der Waals surface area contributed by atoms with Crippen LogP contribution in [0.25, 0.3) is 16.8 Å². The Morgan fingerprint density at radius 3 is 2.62 bits per heavy atom. The number of aromatic nitrogens is 4. The number of fused-ring (bicyclic) bond motifs is 1. The minimum Gasteiger partial charge on any atom is -0.311 e. The lowest BCUT2D eigenvalue weighted by Crippen LogP contribution is -2.37. The topological polar surface area (TPSA) is 66.6 Å². The number of anilines is 1. The van der Waals surface area contributed by atoms with Gasteiger partial charge >= 0.3 is 0 Å². The summed E-state index contributed by atoms with van der Waals surface area (Å²) in [6.07, 6.45) is 7.24. The number of nitrogens with zero attached hydrogens (tertiary/aromatic N) is 6. The molecule has 4 aromatic rings. The Bertz CT molecular complexity index is 1320. The molecule has 0 N–H and O–H groups in total. The van der Waals surface area contributed by atoms with Crippen molar-refractivity contribution in [1.29, 1.82) is 0 Å². The highest BCUT2D eigenvalue weighted by Gasteiger charge is 2.33. The van der Waals surface area contributed by atoms with Gasteiger partial charge in [-0.1, -0.05) is 26.0 Å². The van der Waals surface area contributed by atoms with Gasteiger partial charge in [0, 0.05) is 42.2 Å². The van der Waals surface area contributed by atoms with Crippen LogP contribution in [-0.2, 0) is 11.2 Å². The van der Waals surface area contributed by atoms with Gasteiger partial charge in [-0.3, -0.25) is 9.69 Å². The lowest BCUT2D eigenvalue weighted by Gasteiger charge is -2.20. The number of carbonyl (C=O) groups excluding carboxylic acids is 1. The summed E-state index contributed by atoms with van der Waals surface area (Å²) in [6.45, 7) is 5.11. The van der Waals surface area contributed by atoms with E-state index in [-0.39, 0.29) is 11.9 Å². The van der Waals surface area contributed by atoms with Gasteiger partial charge in [-0.2, -0.15) is 5.10 Å². The molecule has 1 saturated heterocycles. The minimum absolute atomic E-state index is 0.0331. The van der Waals surface area contributed by atoms with Gasteiger partial charge in [-0.25, -0.2) is 14.5 Å². The highest BCUT2D eigenvalue weighted by molar-refractivity contribution is 5.99. The number of rotatable bonds is 6. The molecule has 1 unspecified atom stereocenters. The van der Waals surface area contributed by atoms with Gasteiger partial charge in [-0.15, -0.1) is 0 Å². The molecule has 4 heterocycles. The van der Waals surface area contributed by atoms with E-state index in [9.17, 15) is 4.79 Å². The maximum absolute atomic E-state index is 12.7. The van der Waals surface area contributed by atoms with Crippen LogP contribution < -0.4 is 4.90 Å². The number of carbonyl (C=O) groups is 1. The smallest absolute Gasteiger partial charge is 0.244 e. The van der Waals surface area contributed by atoms with E-state index in [2.05, 4.69) is 42.1 Å². The summed E-state index contributed by atoms with van der Waals surface area (Å²) < 4.78 is 1.91. The fourth-order valence-corrected chi connectivity index (χ4v) is 4.63. The number of hydrogen-bond acceptors (Lipinski definition) is 5. The van der Waals surface area contributed by atoms with Crippen molar-refractivity contribution in [1.82, 2.24) is 24.5 Å². The molecule has 1 amide bonds. The van der Waals surface area contributed by atoms with E-state index in [4.69, 9.17) is 4.98 Å². The quantitative estimate of drug-likeness (QED) is 0.437. The molecular formula is C27H30N6O. The van der Waals surface area contributed by atoms with Gasteiger partial charge in [0.2, 0.25) is 5.91 Å². The first-order chi connectivity index (χ1) is 16.4. The summed E-state index contributed by atoms with van der Waals surface area (Å²) in [7, 11) is 3.92. The third-order valence-corrected chi connectivity index (χ3v) is 6.59. The normalized spacial score (nSPS) is 16.4. The van der Waals surface area contributed by atoms with Crippen LogP contribution in [0.2, 0.25) is 0 Å². The van der Waals surface area contributed by atoms with E-state index in [0.29, 0.717) is 12.3 Å². The number of hydrogen-bond donors (Lipinski definition) is 0. The summed E-state index contributed by atoms with van der Waals surface area (Å²) in [4.78, 5) is 25.9. The van der Waals surface area contributed by atoms with Gasteiger partial charge in [-0.05, 0) is 62.3 Å². The molecule has 0 spiro atoms. The number of pyridine rings is 1. The van der Waals surface area contributed by atoms with Crippen molar-refractivity contribution in [3.63, 3.8) is 0 Å². The first-order valence-electron chi connectivity index (χ1n) is 11.8. The third kappa shape index (κ3) is 4.19. The van der Waals surface area contributed by atoms with Crippen LogP contribution in [0.5, 0.6) is 0 Å². The van der Waals surface area contributed by atoms with E-state index in [1.165, 1.54) is 5.56 Å². The van der Waals surface area contributed by atoms with Crippen LogP contribution in [0.15, 0.2) is 61.1 Å². The zero-order valence-corrected chi connectivity index (χ0v) is 20.1. The lowest BCUT2D eigenvalue weighted by molar-refractivity contribution is -0.120. The van der Waals surface area contributed by atoms with Crippen molar-refractivity contribution in [2.24, 2.45) is 0 Å². The Hall–Kier alpha value is -3.58. The Morgan fingerprint density at radius 2 is 1.91 bits per heavy atom. The SMILES string of the molecule is CC(C)c1cnn2ccc(-c3ccnc(Cc4ccc(N5CCC(N(C)C)C5=O)cc4)n3)cc12. The number of benzene rings is 1. The van der Waals surface area contributed by atoms with E-state index < -0.39 is 0 Å². The Labute approximate surface area is 200 Å². The highest BCUT2D eigenvalue weighted by atomic mass is 16.2. The lowest BCUT2D eigenvalue weighted by atomic mass is 10.0. The molecule has 1 aliphatic rings. The number of amides is 1. The summed E-state index contributed by atoms with van der Waals surface area (Å²) in [5.74, 6) is 1.35. The maximum Gasteiger partial charge on any atom is 0.244 e. The summed E-state index contributed by atoms with van der Waals surface area (Å²) in [5.41, 5.74) is 6.35. The van der Waals surface area contributed by atoms with E-state index in [1.54, 1.807) is 0 Å². The van der Waals surface area contributed by atoms with Crippen molar-refractivity contribution < 1.29 is 4.79 Å². The van der Waals surface area contributed by atoms with Crippen molar-refractivity contribution >= 4 is 17.1 Å². The molecule has 7 nitrogen and oxygen atoms in total. The minimum atomic E-state index is -0.0331. The Kier molecular flexibility index (Phi) is 5.87. The van der Waals surface area contributed by atoms with Crippen LogP contribution in [0.4, 0.5) is 5.69 Å². The van der Waals surface area contributed by atoms with Gasteiger partial charge in [0.05, 0.1) is 23.4 Å². The molecule has 174 valence electrons. The summed E-state index contributed by atoms with van der Waals surface area (Å²) >= 11 is 0. The van der Waals surface area contributed by atoms with Crippen LogP contribution >= 0.6 is 0 Å². The fourth-order valence-electron chi connectivity index (χ4n) is 4.63. The van der Waals surface area contributed by atoms with Crippen LogP contribution in [0, 0.1) is 0 Å². The van der Waals surface area contributed by atoms with Crippen molar-refractivity contribution in [3.05, 3.63) is 78.0 Å². The monoisotopic (exact) mass is 454 g/mol. The fraction of sp³-hybridized carbons (Fsp3) is 0.333. The average Bonchev–Trinajstić information content (AvgIpc) is 3.43. The van der Waals surface area contributed by atoms with Gasteiger partial charge in [0.15, 0.2) is 0 Å². The second kappa shape index (κ2) is 8.99. The highest BCUT2D eigenvalue weighted by Crippen LogP contribution is 2.26.